The van der Waals surface area contributed by atoms with Crippen LogP contribution in [0.5, 0.6) is 0 Å². The molecule has 1 aliphatic rings. The number of carbonyl (C=O) groups is 1. The first kappa shape index (κ1) is 19.2. The fourth-order valence-electron chi connectivity index (χ4n) is 2.48. The van der Waals surface area contributed by atoms with Crippen molar-refractivity contribution in [1.29, 1.82) is 0 Å². The van der Waals surface area contributed by atoms with Crippen molar-refractivity contribution >= 4 is 36.6 Å². The molecular formula is C17H22INO4Si. The molecule has 0 unspecified atom stereocenters. The molecule has 7 heteroatoms. The molecule has 1 atom stereocenters. The van der Waals surface area contributed by atoms with E-state index in [1.54, 1.807) is 17.6 Å². The van der Waals surface area contributed by atoms with Crippen LogP contribution in [0.4, 0.5) is 0 Å². The van der Waals surface area contributed by atoms with Crippen molar-refractivity contribution in [2.75, 3.05) is 0 Å². The Bertz CT molecular complexity index is 785. The molecule has 0 spiro atoms. The molecule has 5 nitrogen and oxygen atoms in total. The fraction of sp³-hybridized carbons (Fsp3) is 0.529. The van der Waals surface area contributed by atoms with E-state index in [2.05, 4.69) is 31.5 Å². The van der Waals surface area contributed by atoms with E-state index >= 15 is 0 Å². The molecule has 1 aromatic heterocycles. The number of esters is 1. The lowest BCUT2D eigenvalue weighted by atomic mass is 9.87. The van der Waals surface area contributed by atoms with Crippen LogP contribution >= 0.6 is 22.6 Å². The Morgan fingerprint density at radius 1 is 1.38 bits per heavy atom. The number of pyridine rings is 1. The highest BCUT2D eigenvalue weighted by Crippen LogP contribution is 2.33. The maximum absolute atomic E-state index is 12.7. The van der Waals surface area contributed by atoms with Crippen LogP contribution in [0.2, 0.25) is 25.7 Å². The second-order valence-corrected chi connectivity index (χ2v) is 13.7. The number of hydrogen-bond donors (Lipinski definition) is 1. The molecule has 130 valence electrons. The predicted molar refractivity (Wildman–Crippen MR) is 103 cm³/mol. The lowest BCUT2D eigenvalue weighted by Gasteiger charge is -2.31. The molecule has 0 amide bonds. The van der Waals surface area contributed by atoms with Gasteiger partial charge >= 0.3 is 5.97 Å². The fourth-order valence-corrected chi connectivity index (χ4v) is 3.84. The first-order chi connectivity index (χ1) is 11.1. The van der Waals surface area contributed by atoms with Crippen LogP contribution in [0.25, 0.3) is 0 Å². The van der Waals surface area contributed by atoms with E-state index in [1.165, 1.54) is 0 Å². The van der Waals surface area contributed by atoms with E-state index in [0.29, 0.717) is 21.4 Å². The van der Waals surface area contributed by atoms with E-state index in [1.807, 2.05) is 22.6 Å². The van der Waals surface area contributed by atoms with E-state index in [-0.39, 0.29) is 18.6 Å². The molecule has 2 heterocycles. The Morgan fingerprint density at radius 2 is 2.04 bits per heavy atom. The Labute approximate surface area is 156 Å². The number of aromatic nitrogens is 1. The summed E-state index contributed by atoms with van der Waals surface area (Å²) in [4.78, 5) is 24.7. The number of ether oxygens (including phenoxy) is 1. The standard InChI is InChI=1S/C17H22INO4Si/c1-5-17(22)13-10-14(18)19(8-6-7-9-24(2,3)4)15(20)12(13)11-23-16(17)21/h10,22H,5,8-9,11H2,1-4H3/t17-/m0/s1. The van der Waals surface area contributed by atoms with Gasteiger partial charge in [0.2, 0.25) is 0 Å². The maximum Gasteiger partial charge on any atom is 0.343 e. The molecule has 0 aliphatic carbocycles. The molecule has 0 fully saturated rings. The van der Waals surface area contributed by atoms with Crippen molar-refractivity contribution in [3.05, 3.63) is 31.2 Å². The summed E-state index contributed by atoms with van der Waals surface area (Å²) in [7, 11) is -1.23. The number of hydrogen-bond acceptors (Lipinski definition) is 4. The average molecular weight is 459 g/mol. The second kappa shape index (κ2) is 7.02. The monoisotopic (exact) mass is 459 g/mol. The van der Waals surface area contributed by atoms with Gasteiger partial charge in [0.1, 0.15) is 6.61 Å². The summed E-state index contributed by atoms with van der Waals surface area (Å²) in [6, 6.07) is 2.58. The zero-order valence-electron chi connectivity index (χ0n) is 14.4. The summed E-state index contributed by atoms with van der Waals surface area (Å²) >= 11 is 2.04. The van der Waals surface area contributed by atoms with Crippen molar-refractivity contribution in [2.45, 2.75) is 57.8 Å². The molecular weight excluding hydrogens is 437 g/mol. The summed E-state index contributed by atoms with van der Waals surface area (Å²) in [5.41, 5.74) is -1.29. The minimum absolute atomic E-state index is 0.103. The highest BCUT2D eigenvalue weighted by atomic mass is 127. The number of aliphatic hydroxyl groups is 1. The highest BCUT2D eigenvalue weighted by Gasteiger charge is 2.44. The van der Waals surface area contributed by atoms with Gasteiger partial charge in [0, 0.05) is 11.6 Å². The number of carbonyl (C=O) groups excluding carboxylic acids is 1. The molecule has 0 radical (unpaired) electrons. The summed E-state index contributed by atoms with van der Waals surface area (Å²) < 4.78 is 7.24. The van der Waals surface area contributed by atoms with Crippen molar-refractivity contribution in [2.24, 2.45) is 0 Å². The van der Waals surface area contributed by atoms with Crippen LogP contribution in [0.3, 0.4) is 0 Å². The largest absolute Gasteiger partial charge is 0.458 e. The van der Waals surface area contributed by atoms with Gasteiger partial charge in [-0.15, -0.1) is 5.92 Å². The van der Waals surface area contributed by atoms with Crippen LogP contribution < -0.4 is 5.56 Å². The third-order valence-electron chi connectivity index (χ3n) is 3.97. The zero-order chi connectivity index (χ0) is 18.1. The molecule has 0 aromatic carbocycles. The third-order valence-corrected chi connectivity index (χ3v) is 6.10. The smallest absolute Gasteiger partial charge is 0.343 e. The van der Waals surface area contributed by atoms with Crippen LogP contribution in [0.15, 0.2) is 10.9 Å². The van der Waals surface area contributed by atoms with E-state index in [0.717, 1.165) is 6.04 Å². The van der Waals surface area contributed by atoms with Crippen molar-refractivity contribution < 1.29 is 14.6 Å². The first-order valence-corrected chi connectivity index (χ1v) is 12.7. The molecule has 2 rings (SSSR count). The van der Waals surface area contributed by atoms with Gasteiger partial charge in [-0.25, -0.2) is 4.79 Å². The Hall–Kier alpha value is -1.11. The van der Waals surface area contributed by atoms with Gasteiger partial charge in [0.25, 0.3) is 5.56 Å². The van der Waals surface area contributed by atoms with Crippen LogP contribution in [-0.4, -0.2) is 23.7 Å². The van der Waals surface area contributed by atoms with Gasteiger partial charge in [0.05, 0.1) is 23.9 Å². The quantitative estimate of drug-likeness (QED) is 0.248. The Morgan fingerprint density at radius 3 is 2.62 bits per heavy atom. The van der Waals surface area contributed by atoms with Gasteiger partial charge in [0.15, 0.2) is 5.60 Å². The molecule has 0 saturated heterocycles. The van der Waals surface area contributed by atoms with Crippen molar-refractivity contribution in [3.63, 3.8) is 0 Å². The Kier molecular flexibility index (Phi) is 5.62. The molecule has 1 N–H and O–H groups in total. The van der Waals surface area contributed by atoms with Crippen LogP contribution in [-0.2, 0) is 28.3 Å². The topological polar surface area (TPSA) is 68.5 Å². The van der Waals surface area contributed by atoms with E-state index in [9.17, 15) is 14.7 Å². The first-order valence-electron chi connectivity index (χ1n) is 7.88. The van der Waals surface area contributed by atoms with E-state index < -0.39 is 19.6 Å². The number of halogens is 1. The van der Waals surface area contributed by atoms with Gasteiger partial charge < -0.3 is 9.84 Å². The summed E-state index contributed by atoms with van der Waals surface area (Å²) in [6.07, 6.45) is 0.161. The molecule has 24 heavy (non-hydrogen) atoms. The Balaban J connectivity index is 2.42. The lowest BCUT2D eigenvalue weighted by Crippen LogP contribution is -2.44. The van der Waals surface area contributed by atoms with Crippen LogP contribution in [0, 0.1) is 15.5 Å². The van der Waals surface area contributed by atoms with Gasteiger partial charge in [-0.3, -0.25) is 9.36 Å². The summed E-state index contributed by atoms with van der Waals surface area (Å²) in [5.74, 6) is 5.53. The molecule has 0 bridgehead atoms. The van der Waals surface area contributed by atoms with Crippen molar-refractivity contribution in [3.8, 4) is 11.8 Å². The number of nitrogens with zero attached hydrogens (tertiary/aromatic N) is 1. The van der Waals surface area contributed by atoms with Gasteiger partial charge in [-0.2, -0.15) is 0 Å². The SMILES string of the molecule is CC[C@@]1(O)C(=O)OCc2c1cc(I)n(CC#CC[Si](C)(C)C)c2=O. The number of cyclic esters (lactones) is 1. The minimum atomic E-state index is -1.74. The predicted octanol–water partition coefficient (Wildman–Crippen LogP) is 2.45. The molecule has 1 aliphatic heterocycles. The zero-order valence-corrected chi connectivity index (χ0v) is 17.6. The molecule has 1 aromatic rings. The second-order valence-electron chi connectivity index (χ2n) is 7.13. The van der Waals surface area contributed by atoms with Gasteiger partial charge in [-0.05, 0) is 35.1 Å². The number of rotatable bonds is 3. The number of fused-ring (bicyclic) bond motifs is 1. The summed E-state index contributed by atoms with van der Waals surface area (Å²) in [5, 5.41) is 10.6. The highest BCUT2D eigenvalue weighted by molar-refractivity contribution is 14.1. The summed E-state index contributed by atoms with van der Waals surface area (Å²) in [6.45, 7) is 8.63. The average Bonchev–Trinajstić information content (AvgIpc) is 2.49. The third kappa shape index (κ3) is 3.76. The normalized spacial score (nSPS) is 20.0. The lowest BCUT2D eigenvalue weighted by molar-refractivity contribution is -0.172. The minimum Gasteiger partial charge on any atom is -0.458 e. The van der Waals surface area contributed by atoms with E-state index in [4.69, 9.17) is 4.74 Å². The van der Waals surface area contributed by atoms with Crippen molar-refractivity contribution in [1.82, 2.24) is 4.57 Å². The molecule has 0 saturated carbocycles. The van der Waals surface area contributed by atoms with Crippen LogP contribution in [0.1, 0.15) is 24.5 Å². The van der Waals surface area contributed by atoms with Gasteiger partial charge in [-0.1, -0.05) is 32.5 Å². The maximum atomic E-state index is 12.7.